The Bertz CT molecular complexity index is 501. The summed E-state index contributed by atoms with van der Waals surface area (Å²) < 4.78 is 0. The molecule has 0 amide bonds. The Morgan fingerprint density at radius 1 is 0.395 bits per heavy atom. The van der Waals surface area contributed by atoms with Gasteiger partial charge in [-0.15, -0.1) is 0 Å². The van der Waals surface area contributed by atoms with Gasteiger partial charge in [0.15, 0.2) is 0 Å². The van der Waals surface area contributed by atoms with E-state index in [1.54, 1.807) is 0 Å². The molecule has 0 aliphatic rings. The Hall–Kier alpha value is -1.32. The lowest BCUT2D eigenvalue weighted by molar-refractivity contribution is -0.138. The zero-order chi connectivity index (χ0) is 28.4. The Morgan fingerprint density at radius 3 is 0.921 bits per heavy atom. The number of aliphatic carboxylic acids is 2. The molecule has 0 unspecified atom stereocenters. The van der Waals surface area contributed by atoms with Gasteiger partial charge in [-0.1, -0.05) is 154 Å². The number of unbranched alkanes of at least 4 members (excludes halogenated alkanes) is 23. The minimum atomic E-state index is -0.661. The van der Waals surface area contributed by atoms with E-state index in [2.05, 4.69) is 26.0 Å². The lowest BCUT2D eigenvalue weighted by atomic mass is 10.0. The summed E-state index contributed by atoms with van der Waals surface area (Å²) in [6.07, 6.45) is 38.5. The highest BCUT2D eigenvalue weighted by molar-refractivity contribution is 5.66. The highest BCUT2D eigenvalue weighted by Crippen LogP contribution is 2.13. The van der Waals surface area contributed by atoms with Crippen LogP contribution in [0.25, 0.3) is 0 Å². The molecule has 0 aliphatic carbocycles. The molecule has 0 saturated carbocycles. The van der Waals surface area contributed by atoms with Gasteiger partial charge in [-0.05, 0) is 38.5 Å². The molecule has 0 atom stereocenters. The zero-order valence-electron chi connectivity index (χ0n) is 25.7. The van der Waals surface area contributed by atoms with Crippen LogP contribution in [0, 0.1) is 0 Å². The minimum Gasteiger partial charge on any atom is -0.481 e. The van der Waals surface area contributed by atoms with E-state index in [-0.39, 0.29) is 0 Å². The summed E-state index contributed by atoms with van der Waals surface area (Å²) in [5.41, 5.74) is 0. The lowest BCUT2D eigenvalue weighted by Gasteiger charge is -2.02. The van der Waals surface area contributed by atoms with Crippen LogP contribution in [-0.4, -0.2) is 22.2 Å². The standard InChI is InChI=1S/C18H34O2.C16H32O2/c1-2-3-4-5-6-7-8-9-10-11-12-13-14-15-16-17-18(19)20;1-2-3-4-5-6-7-8-9-10-11-12-13-14-15-16(17)18/h7-8H,2-6,9-17H2,1H3,(H,19,20);2-15H2,1H3,(H,17,18). The maximum Gasteiger partial charge on any atom is 0.303 e. The smallest absolute Gasteiger partial charge is 0.303 e. The first-order valence-corrected chi connectivity index (χ1v) is 16.6. The van der Waals surface area contributed by atoms with Crippen LogP contribution >= 0.6 is 0 Å². The van der Waals surface area contributed by atoms with E-state index in [4.69, 9.17) is 10.2 Å². The molecule has 4 heteroatoms. The molecular formula is C34H66O4. The van der Waals surface area contributed by atoms with Crippen molar-refractivity contribution in [1.82, 2.24) is 0 Å². The third-order valence-corrected chi connectivity index (χ3v) is 7.15. The van der Waals surface area contributed by atoms with Crippen molar-refractivity contribution in [2.75, 3.05) is 0 Å². The molecule has 0 aliphatic heterocycles. The van der Waals surface area contributed by atoms with Gasteiger partial charge >= 0.3 is 11.9 Å². The summed E-state index contributed by atoms with van der Waals surface area (Å²) in [7, 11) is 0. The Morgan fingerprint density at radius 2 is 0.632 bits per heavy atom. The van der Waals surface area contributed by atoms with Gasteiger partial charge in [0.25, 0.3) is 0 Å². The summed E-state index contributed by atoms with van der Waals surface area (Å²) in [5.74, 6) is -1.32. The molecule has 0 radical (unpaired) electrons. The second kappa shape index (κ2) is 35.7. The number of allylic oxidation sites excluding steroid dienone is 2. The van der Waals surface area contributed by atoms with Gasteiger partial charge in [-0.25, -0.2) is 0 Å². The molecular weight excluding hydrogens is 472 g/mol. The van der Waals surface area contributed by atoms with Crippen LogP contribution in [0.5, 0.6) is 0 Å². The summed E-state index contributed by atoms with van der Waals surface area (Å²) in [5, 5.41) is 17.0. The van der Waals surface area contributed by atoms with E-state index in [9.17, 15) is 9.59 Å². The summed E-state index contributed by atoms with van der Waals surface area (Å²) in [6, 6.07) is 0. The third kappa shape index (κ3) is 41.8. The molecule has 0 aromatic heterocycles. The van der Waals surface area contributed by atoms with Crippen LogP contribution in [0.2, 0.25) is 0 Å². The van der Waals surface area contributed by atoms with E-state index >= 15 is 0 Å². The van der Waals surface area contributed by atoms with Crippen LogP contribution in [0.1, 0.15) is 194 Å². The van der Waals surface area contributed by atoms with Crippen LogP contribution < -0.4 is 0 Å². The topological polar surface area (TPSA) is 74.6 Å². The molecule has 0 spiro atoms. The van der Waals surface area contributed by atoms with Gasteiger partial charge in [0, 0.05) is 12.8 Å². The van der Waals surface area contributed by atoms with Crippen LogP contribution in [0.15, 0.2) is 12.2 Å². The van der Waals surface area contributed by atoms with E-state index < -0.39 is 11.9 Å². The maximum atomic E-state index is 10.3. The predicted octanol–water partition coefficient (Wildman–Crippen LogP) is 11.7. The van der Waals surface area contributed by atoms with Crippen molar-refractivity contribution in [3.05, 3.63) is 12.2 Å². The normalized spacial score (nSPS) is 11.0. The lowest BCUT2D eigenvalue weighted by Crippen LogP contribution is -1.93. The monoisotopic (exact) mass is 538 g/mol. The highest BCUT2D eigenvalue weighted by atomic mass is 16.4. The summed E-state index contributed by atoms with van der Waals surface area (Å²) >= 11 is 0. The number of carbonyl (C=O) groups is 2. The van der Waals surface area contributed by atoms with Crippen molar-refractivity contribution in [2.24, 2.45) is 0 Å². The molecule has 0 bridgehead atoms. The van der Waals surface area contributed by atoms with Gasteiger partial charge < -0.3 is 10.2 Å². The molecule has 226 valence electrons. The van der Waals surface area contributed by atoms with E-state index in [0.717, 1.165) is 25.7 Å². The fourth-order valence-corrected chi connectivity index (χ4v) is 4.64. The molecule has 0 aromatic rings. The third-order valence-electron chi connectivity index (χ3n) is 7.15. The first-order valence-electron chi connectivity index (χ1n) is 16.6. The fraction of sp³-hybridized carbons (Fsp3) is 0.882. The number of hydrogen-bond donors (Lipinski definition) is 2. The first-order chi connectivity index (χ1) is 18.5. The van der Waals surface area contributed by atoms with Crippen molar-refractivity contribution < 1.29 is 19.8 Å². The van der Waals surface area contributed by atoms with Gasteiger partial charge in [0.2, 0.25) is 0 Å². The summed E-state index contributed by atoms with van der Waals surface area (Å²) in [4.78, 5) is 20.6. The largest absolute Gasteiger partial charge is 0.481 e. The fourth-order valence-electron chi connectivity index (χ4n) is 4.64. The van der Waals surface area contributed by atoms with Crippen molar-refractivity contribution in [2.45, 2.75) is 194 Å². The number of hydrogen-bond acceptors (Lipinski definition) is 2. The van der Waals surface area contributed by atoms with E-state index in [0.29, 0.717) is 12.8 Å². The van der Waals surface area contributed by atoms with Crippen LogP contribution in [-0.2, 0) is 9.59 Å². The number of carboxylic acid groups (broad SMARTS) is 2. The molecule has 0 aromatic carbocycles. The quantitative estimate of drug-likeness (QED) is 0.0733. The molecule has 0 saturated heterocycles. The van der Waals surface area contributed by atoms with Gasteiger partial charge in [-0.2, -0.15) is 0 Å². The van der Waals surface area contributed by atoms with Crippen LogP contribution in [0.4, 0.5) is 0 Å². The second-order valence-electron chi connectivity index (χ2n) is 11.1. The zero-order valence-corrected chi connectivity index (χ0v) is 25.7. The van der Waals surface area contributed by atoms with Crippen LogP contribution in [0.3, 0.4) is 0 Å². The van der Waals surface area contributed by atoms with E-state index in [1.807, 2.05) is 0 Å². The van der Waals surface area contributed by atoms with E-state index in [1.165, 1.54) is 141 Å². The molecule has 0 heterocycles. The second-order valence-corrected chi connectivity index (χ2v) is 11.1. The Labute approximate surface area is 237 Å². The number of rotatable bonds is 29. The number of carboxylic acids is 2. The van der Waals surface area contributed by atoms with Gasteiger partial charge in [0.05, 0.1) is 0 Å². The minimum absolute atomic E-state index is 0.336. The molecule has 0 rings (SSSR count). The average molecular weight is 539 g/mol. The van der Waals surface area contributed by atoms with Crippen molar-refractivity contribution >= 4 is 11.9 Å². The molecule has 38 heavy (non-hydrogen) atoms. The molecule has 4 nitrogen and oxygen atoms in total. The van der Waals surface area contributed by atoms with Crippen molar-refractivity contribution in [3.63, 3.8) is 0 Å². The van der Waals surface area contributed by atoms with Crippen molar-refractivity contribution in [1.29, 1.82) is 0 Å². The summed E-state index contributed by atoms with van der Waals surface area (Å²) in [6.45, 7) is 4.51. The van der Waals surface area contributed by atoms with Crippen molar-refractivity contribution in [3.8, 4) is 0 Å². The first kappa shape index (κ1) is 38.8. The SMILES string of the molecule is CCCCCCC=CCCCCCCCCCC(=O)O.CCCCCCCCCCCCCCCC(=O)O. The average Bonchev–Trinajstić information content (AvgIpc) is 2.89. The van der Waals surface area contributed by atoms with Gasteiger partial charge in [0.1, 0.15) is 0 Å². The predicted molar refractivity (Wildman–Crippen MR) is 165 cm³/mol. The molecule has 2 N–H and O–H groups in total. The maximum absolute atomic E-state index is 10.3. The Kier molecular flexibility index (Phi) is 36.5. The highest BCUT2D eigenvalue weighted by Gasteiger charge is 1.98. The molecule has 0 fully saturated rings. The van der Waals surface area contributed by atoms with Gasteiger partial charge in [-0.3, -0.25) is 9.59 Å². The Balaban J connectivity index is 0.